The molecule has 9 heteroatoms. The molecule has 0 bridgehead atoms. The Kier molecular flexibility index (Phi) is 4.51. The van der Waals surface area contributed by atoms with Gasteiger partial charge in [-0.3, -0.25) is 14.3 Å². The molecule has 0 aliphatic heterocycles. The highest BCUT2D eigenvalue weighted by Crippen LogP contribution is 2.24. The van der Waals surface area contributed by atoms with Crippen LogP contribution in [0.2, 0.25) is 0 Å². The quantitative estimate of drug-likeness (QED) is 0.448. The molecule has 1 aromatic heterocycles. The maximum Gasteiger partial charge on any atom is 0.314 e. The molecule has 0 aliphatic carbocycles. The summed E-state index contributed by atoms with van der Waals surface area (Å²) in [6.07, 6.45) is 0. The van der Waals surface area contributed by atoms with Crippen molar-refractivity contribution in [1.29, 1.82) is 0 Å². The molecule has 1 heterocycles. The van der Waals surface area contributed by atoms with Gasteiger partial charge in [0, 0.05) is 11.8 Å². The van der Waals surface area contributed by atoms with Crippen LogP contribution in [0.5, 0.6) is 0 Å². The van der Waals surface area contributed by atoms with E-state index in [-0.39, 0.29) is 16.7 Å². The number of anilines is 1. The first-order valence-electron chi connectivity index (χ1n) is 8.48. The smallest absolute Gasteiger partial charge is 0.314 e. The molecule has 3 N–H and O–H groups in total. The van der Waals surface area contributed by atoms with Gasteiger partial charge >= 0.3 is 11.1 Å². The predicted molar refractivity (Wildman–Crippen MR) is 108 cm³/mol. The van der Waals surface area contributed by atoms with Crippen LogP contribution in [-0.2, 0) is 10.0 Å². The van der Waals surface area contributed by atoms with E-state index >= 15 is 0 Å². The zero-order chi connectivity index (χ0) is 20.6. The van der Waals surface area contributed by atoms with Crippen molar-refractivity contribution in [2.24, 2.45) is 0 Å². The first-order chi connectivity index (χ1) is 13.8. The summed E-state index contributed by atoms with van der Waals surface area (Å²) in [5.74, 6) is -1.06. The second kappa shape index (κ2) is 7.02. The fourth-order valence-corrected chi connectivity index (χ4v) is 4.04. The van der Waals surface area contributed by atoms with E-state index in [1.54, 1.807) is 24.3 Å². The van der Waals surface area contributed by atoms with Gasteiger partial charge in [0.1, 0.15) is 10.7 Å². The van der Waals surface area contributed by atoms with Crippen molar-refractivity contribution in [2.75, 3.05) is 4.72 Å². The third-order valence-electron chi connectivity index (χ3n) is 4.31. The summed E-state index contributed by atoms with van der Waals surface area (Å²) in [4.78, 5) is 26.6. The summed E-state index contributed by atoms with van der Waals surface area (Å²) < 4.78 is 42.0. The van der Waals surface area contributed by atoms with Gasteiger partial charge in [0.15, 0.2) is 0 Å². The minimum absolute atomic E-state index is 0.00389. The van der Waals surface area contributed by atoms with Crippen LogP contribution < -0.4 is 15.8 Å². The first kappa shape index (κ1) is 18.6. The van der Waals surface area contributed by atoms with E-state index < -0.39 is 31.9 Å². The number of aromatic amines is 2. The molecule has 146 valence electrons. The van der Waals surface area contributed by atoms with Crippen molar-refractivity contribution in [1.82, 2.24) is 9.97 Å². The standard InChI is InChI=1S/C20H14FN3O4S/c21-15-10-16-17(23-20(26)19(25)22-16)11-18(15)29(27,28)24-14-8-6-13(7-9-14)12-4-2-1-3-5-12/h1-11,24H,(H,22,25)(H,23,26). The lowest BCUT2D eigenvalue weighted by Gasteiger charge is -2.10. The van der Waals surface area contributed by atoms with Crippen molar-refractivity contribution in [3.8, 4) is 11.1 Å². The van der Waals surface area contributed by atoms with Gasteiger partial charge in [-0.05, 0) is 29.3 Å². The van der Waals surface area contributed by atoms with E-state index in [1.165, 1.54) is 0 Å². The predicted octanol–water partition coefficient (Wildman–Crippen LogP) is 2.82. The van der Waals surface area contributed by atoms with Crippen molar-refractivity contribution in [2.45, 2.75) is 4.90 Å². The average Bonchev–Trinajstić information content (AvgIpc) is 2.70. The number of sulfonamides is 1. The van der Waals surface area contributed by atoms with Crippen LogP contribution in [0.15, 0.2) is 81.2 Å². The summed E-state index contributed by atoms with van der Waals surface area (Å²) in [5.41, 5.74) is 0.182. The van der Waals surface area contributed by atoms with Crippen molar-refractivity contribution < 1.29 is 12.8 Å². The molecule has 0 atom stereocenters. The molecule has 3 aromatic carbocycles. The largest absolute Gasteiger partial charge is 0.316 e. The molecule has 7 nitrogen and oxygen atoms in total. The number of H-pyrrole nitrogens is 2. The molecule has 0 saturated heterocycles. The third-order valence-corrected chi connectivity index (χ3v) is 5.70. The third kappa shape index (κ3) is 3.67. The van der Waals surface area contributed by atoms with Crippen molar-refractivity contribution in [3.63, 3.8) is 0 Å². The second-order valence-corrected chi connectivity index (χ2v) is 7.94. The van der Waals surface area contributed by atoms with E-state index in [2.05, 4.69) is 14.7 Å². The van der Waals surface area contributed by atoms with Crippen molar-refractivity contribution >= 4 is 26.7 Å². The van der Waals surface area contributed by atoms with E-state index in [1.807, 2.05) is 30.3 Å². The fraction of sp³-hybridized carbons (Fsp3) is 0. The van der Waals surface area contributed by atoms with E-state index in [0.717, 1.165) is 23.3 Å². The first-order valence-corrected chi connectivity index (χ1v) is 9.96. The Morgan fingerprint density at radius 3 is 1.93 bits per heavy atom. The number of aromatic nitrogens is 2. The Labute approximate surface area is 163 Å². The molecular formula is C20H14FN3O4S. The van der Waals surface area contributed by atoms with Crippen LogP contribution >= 0.6 is 0 Å². The minimum Gasteiger partial charge on any atom is -0.316 e. The number of hydrogen-bond donors (Lipinski definition) is 3. The lowest BCUT2D eigenvalue weighted by molar-refractivity contribution is 0.571. The molecular weight excluding hydrogens is 397 g/mol. The minimum atomic E-state index is -4.27. The molecule has 4 aromatic rings. The van der Waals surface area contributed by atoms with Crippen LogP contribution in [0.3, 0.4) is 0 Å². The number of fused-ring (bicyclic) bond motifs is 1. The van der Waals surface area contributed by atoms with Crippen LogP contribution in [0, 0.1) is 5.82 Å². The summed E-state index contributed by atoms with van der Waals surface area (Å²) in [6.45, 7) is 0. The summed E-state index contributed by atoms with van der Waals surface area (Å²) in [7, 11) is -4.27. The Morgan fingerprint density at radius 1 is 0.759 bits per heavy atom. The Balaban J connectivity index is 1.68. The molecule has 0 unspecified atom stereocenters. The topological polar surface area (TPSA) is 112 Å². The lowest BCUT2D eigenvalue weighted by Crippen LogP contribution is -2.29. The molecule has 0 saturated carbocycles. The van der Waals surface area contributed by atoms with Gasteiger partial charge in [-0.15, -0.1) is 0 Å². The van der Waals surface area contributed by atoms with Crippen molar-refractivity contribution in [3.05, 3.63) is 93.3 Å². The summed E-state index contributed by atoms with van der Waals surface area (Å²) in [5, 5.41) is 0. The van der Waals surface area contributed by atoms with E-state index in [0.29, 0.717) is 0 Å². The van der Waals surface area contributed by atoms with Gasteiger partial charge in [0.05, 0.1) is 11.0 Å². The lowest BCUT2D eigenvalue weighted by atomic mass is 10.1. The van der Waals surface area contributed by atoms with Gasteiger partial charge in [-0.1, -0.05) is 42.5 Å². The molecule has 29 heavy (non-hydrogen) atoms. The maximum atomic E-state index is 14.4. The molecule has 0 aliphatic rings. The highest BCUT2D eigenvalue weighted by atomic mass is 32.2. The Bertz CT molecular complexity index is 1430. The van der Waals surface area contributed by atoms with Gasteiger partial charge in [-0.25, -0.2) is 12.8 Å². The van der Waals surface area contributed by atoms with E-state index in [9.17, 15) is 22.4 Å². The molecule has 0 fully saturated rings. The highest BCUT2D eigenvalue weighted by Gasteiger charge is 2.21. The Morgan fingerprint density at radius 2 is 1.31 bits per heavy atom. The van der Waals surface area contributed by atoms with Crippen LogP contribution in [0.4, 0.5) is 10.1 Å². The second-order valence-electron chi connectivity index (χ2n) is 6.29. The Hall–Kier alpha value is -3.72. The molecule has 0 amide bonds. The van der Waals surface area contributed by atoms with E-state index in [4.69, 9.17) is 0 Å². The van der Waals surface area contributed by atoms with Gasteiger partial charge < -0.3 is 9.97 Å². The fourth-order valence-electron chi connectivity index (χ4n) is 2.90. The zero-order valence-electron chi connectivity index (χ0n) is 14.8. The monoisotopic (exact) mass is 411 g/mol. The molecule has 4 rings (SSSR count). The molecule has 0 radical (unpaired) electrons. The number of rotatable bonds is 4. The van der Waals surface area contributed by atoms with Gasteiger partial charge in [0.25, 0.3) is 10.0 Å². The van der Waals surface area contributed by atoms with Gasteiger partial charge in [-0.2, -0.15) is 0 Å². The molecule has 0 spiro atoms. The summed E-state index contributed by atoms with van der Waals surface area (Å²) in [6, 6.07) is 18.0. The normalized spacial score (nSPS) is 11.5. The van der Waals surface area contributed by atoms with Gasteiger partial charge in [0.2, 0.25) is 0 Å². The van der Waals surface area contributed by atoms with Crippen LogP contribution in [0.1, 0.15) is 0 Å². The number of nitrogens with one attached hydrogen (secondary N) is 3. The maximum absolute atomic E-state index is 14.4. The summed E-state index contributed by atoms with van der Waals surface area (Å²) >= 11 is 0. The highest BCUT2D eigenvalue weighted by molar-refractivity contribution is 7.92. The average molecular weight is 411 g/mol. The number of benzene rings is 3. The zero-order valence-corrected chi connectivity index (χ0v) is 15.6. The number of hydrogen-bond acceptors (Lipinski definition) is 4. The SMILES string of the molecule is O=c1[nH]c2cc(F)c(S(=O)(=O)Nc3ccc(-c4ccccc4)cc3)cc2[nH]c1=O. The van der Waals surface area contributed by atoms with Crippen LogP contribution in [-0.4, -0.2) is 18.4 Å². The number of halogens is 1. The van der Waals surface area contributed by atoms with Crippen LogP contribution in [0.25, 0.3) is 22.2 Å².